The van der Waals surface area contributed by atoms with E-state index in [1.54, 1.807) is 12.1 Å². The second-order valence-electron chi connectivity index (χ2n) is 3.51. The summed E-state index contributed by atoms with van der Waals surface area (Å²) in [5.74, 6) is -0.459. The molecule has 2 N–H and O–H groups in total. The van der Waals surface area contributed by atoms with Crippen LogP contribution < -0.4 is 9.47 Å². The molecule has 0 saturated carbocycles. The van der Waals surface area contributed by atoms with E-state index in [4.69, 9.17) is 19.7 Å². The number of carboxylic acids is 1. The van der Waals surface area contributed by atoms with E-state index >= 15 is 0 Å². The lowest BCUT2D eigenvalue weighted by Crippen LogP contribution is -2.04. The summed E-state index contributed by atoms with van der Waals surface area (Å²) in [6, 6.07) is 3.26. The molecule has 1 aromatic carbocycles. The number of benzene rings is 1. The molecule has 0 amide bonds. The van der Waals surface area contributed by atoms with Crippen molar-refractivity contribution < 1.29 is 24.5 Å². The van der Waals surface area contributed by atoms with Crippen molar-refractivity contribution in [3.63, 3.8) is 0 Å². The van der Waals surface area contributed by atoms with Crippen molar-refractivity contribution >= 4 is 5.97 Å². The minimum Gasteiger partial charge on any atom is -0.493 e. The maximum Gasteiger partial charge on any atom is 0.339 e. The predicted octanol–water partition coefficient (Wildman–Crippen LogP) is 1.33. The number of hydrogen-bond donors (Lipinski definition) is 2. The Hall–Kier alpha value is -1.75. The minimum absolute atomic E-state index is 0.0662. The van der Waals surface area contributed by atoms with Crippen LogP contribution in [0.25, 0.3) is 0 Å². The van der Waals surface area contributed by atoms with Crippen LogP contribution in [0.4, 0.5) is 0 Å². The molecule has 0 aliphatic carbocycles. The van der Waals surface area contributed by atoms with Gasteiger partial charge in [-0.05, 0) is 30.5 Å². The molecular weight excluding hydrogens is 224 g/mol. The lowest BCUT2D eigenvalue weighted by atomic mass is 10.0. The van der Waals surface area contributed by atoms with Crippen LogP contribution in [0.1, 0.15) is 22.3 Å². The highest BCUT2D eigenvalue weighted by atomic mass is 16.5. The fraction of sp³-hybridized carbons (Fsp3) is 0.417. The van der Waals surface area contributed by atoms with E-state index in [1.807, 2.05) is 0 Å². The third-order valence-corrected chi connectivity index (χ3v) is 2.39. The molecule has 0 saturated heterocycles. The molecule has 0 aromatic heterocycles. The van der Waals surface area contributed by atoms with Gasteiger partial charge in [0.25, 0.3) is 0 Å². The van der Waals surface area contributed by atoms with Crippen LogP contribution in [0.3, 0.4) is 0 Å². The van der Waals surface area contributed by atoms with Gasteiger partial charge < -0.3 is 19.7 Å². The van der Waals surface area contributed by atoms with E-state index in [2.05, 4.69) is 0 Å². The Morgan fingerprint density at radius 1 is 1.29 bits per heavy atom. The van der Waals surface area contributed by atoms with E-state index in [0.717, 1.165) is 5.56 Å². The first kappa shape index (κ1) is 13.3. The number of aliphatic hydroxyl groups is 1. The summed E-state index contributed by atoms with van der Waals surface area (Å²) < 4.78 is 10.1. The van der Waals surface area contributed by atoms with Gasteiger partial charge in [0.05, 0.1) is 14.2 Å². The number of hydrogen-bond acceptors (Lipinski definition) is 4. The first-order valence-corrected chi connectivity index (χ1v) is 5.23. The van der Waals surface area contributed by atoms with Gasteiger partial charge in [-0.25, -0.2) is 4.79 Å². The molecule has 0 unspecified atom stereocenters. The van der Waals surface area contributed by atoms with Gasteiger partial charge in [0.2, 0.25) is 0 Å². The molecule has 0 bridgehead atoms. The van der Waals surface area contributed by atoms with E-state index in [9.17, 15) is 4.79 Å². The Balaban J connectivity index is 3.20. The third kappa shape index (κ3) is 3.10. The normalized spacial score (nSPS) is 10.1. The lowest BCUT2D eigenvalue weighted by molar-refractivity contribution is 0.0692. The molecule has 1 aromatic rings. The Labute approximate surface area is 99.6 Å². The molecule has 1 rings (SSSR count). The van der Waals surface area contributed by atoms with Gasteiger partial charge in [0, 0.05) is 6.61 Å². The summed E-state index contributed by atoms with van der Waals surface area (Å²) in [7, 11) is 2.86. The number of carbonyl (C=O) groups is 1. The highest BCUT2D eigenvalue weighted by molar-refractivity contribution is 5.92. The second kappa shape index (κ2) is 6.10. The van der Waals surface area contributed by atoms with Crippen LogP contribution in [0.5, 0.6) is 11.5 Å². The van der Waals surface area contributed by atoms with Crippen molar-refractivity contribution in [3.05, 3.63) is 23.3 Å². The van der Waals surface area contributed by atoms with Gasteiger partial charge in [0.15, 0.2) is 11.5 Å². The van der Waals surface area contributed by atoms with Crippen LogP contribution in [-0.2, 0) is 6.42 Å². The molecule has 17 heavy (non-hydrogen) atoms. The first-order valence-electron chi connectivity index (χ1n) is 5.23. The van der Waals surface area contributed by atoms with Crippen molar-refractivity contribution in [3.8, 4) is 11.5 Å². The lowest BCUT2D eigenvalue weighted by Gasteiger charge is -2.12. The quantitative estimate of drug-likeness (QED) is 0.784. The number of rotatable bonds is 6. The summed E-state index contributed by atoms with van der Waals surface area (Å²) in [5.41, 5.74) is 0.869. The van der Waals surface area contributed by atoms with Crippen molar-refractivity contribution in [2.45, 2.75) is 12.8 Å². The fourth-order valence-electron chi connectivity index (χ4n) is 1.61. The zero-order valence-corrected chi connectivity index (χ0v) is 9.90. The van der Waals surface area contributed by atoms with E-state index in [1.165, 1.54) is 14.2 Å². The molecule has 5 heteroatoms. The largest absolute Gasteiger partial charge is 0.493 e. The van der Waals surface area contributed by atoms with Crippen LogP contribution in [0.15, 0.2) is 12.1 Å². The number of methoxy groups -OCH3 is 2. The van der Waals surface area contributed by atoms with Gasteiger partial charge in [-0.2, -0.15) is 0 Å². The van der Waals surface area contributed by atoms with Gasteiger partial charge >= 0.3 is 5.97 Å². The highest BCUT2D eigenvalue weighted by Gasteiger charge is 2.17. The molecule has 94 valence electrons. The minimum atomic E-state index is -1.06. The SMILES string of the molecule is COc1cc(CCCO)cc(C(=O)O)c1OC. The van der Waals surface area contributed by atoms with E-state index < -0.39 is 5.97 Å². The average Bonchev–Trinajstić information content (AvgIpc) is 2.34. The monoisotopic (exact) mass is 240 g/mol. The van der Waals surface area contributed by atoms with Gasteiger partial charge in [-0.3, -0.25) is 0 Å². The molecule has 0 radical (unpaired) electrons. The number of carboxylic acid groups (broad SMARTS) is 1. The summed E-state index contributed by atoms with van der Waals surface area (Å²) in [4.78, 5) is 11.1. The van der Waals surface area contributed by atoms with Gasteiger partial charge in [0.1, 0.15) is 5.56 Å². The second-order valence-corrected chi connectivity index (χ2v) is 3.51. The standard InChI is InChI=1S/C12H16O5/c1-16-10-7-8(4-3-5-13)6-9(12(14)15)11(10)17-2/h6-7,13H,3-5H2,1-2H3,(H,14,15). The maximum absolute atomic E-state index is 11.1. The highest BCUT2D eigenvalue weighted by Crippen LogP contribution is 2.33. The van der Waals surface area contributed by atoms with Gasteiger partial charge in [-0.1, -0.05) is 0 Å². The van der Waals surface area contributed by atoms with E-state index in [-0.39, 0.29) is 17.9 Å². The first-order chi connectivity index (χ1) is 8.13. The zero-order chi connectivity index (χ0) is 12.8. The van der Waals surface area contributed by atoms with Crippen LogP contribution in [0, 0.1) is 0 Å². The Morgan fingerprint density at radius 3 is 2.47 bits per heavy atom. The molecule has 0 atom stereocenters. The number of aryl methyl sites for hydroxylation is 1. The number of aromatic carboxylic acids is 1. The summed E-state index contributed by atoms with van der Waals surface area (Å²) >= 11 is 0. The van der Waals surface area contributed by atoms with Crippen molar-refractivity contribution in [1.82, 2.24) is 0 Å². The van der Waals surface area contributed by atoms with Crippen molar-refractivity contribution in [2.24, 2.45) is 0 Å². The van der Waals surface area contributed by atoms with Crippen molar-refractivity contribution in [1.29, 1.82) is 0 Å². The molecule has 0 fully saturated rings. The van der Waals surface area contributed by atoms with Crippen LogP contribution in [0.2, 0.25) is 0 Å². The predicted molar refractivity (Wildman–Crippen MR) is 61.9 cm³/mol. The maximum atomic E-state index is 11.1. The Kier molecular flexibility index (Phi) is 4.78. The Bertz CT molecular complexity index is 400. The molecule has 0 heterocycles. The molecule has 0 aliphatic heterocycles. The molecule has 5 nitrogen and oxygen atoms in total. The Morgan fingerprint density at radius 2 is 2.00 bits per heavy atom. The van der Waals surface area contributed by atoms with Crippen molar-refractivity contribution in [2.75, 3.05) is 20.8 Å². The fourth-order valence-corrected chi connectivity index (χ4v) is 1.61. The number of aliphatic hydroxyl groups excluding tert-OH is 1. The summed E-state index contributed by atoms with van der Waals surface area (Å²) in [6.45, 7) is 0.0662. The summed E-state index contributed by atoms with van der Waals surface area (Å²) in [6.07, 6.45) is 1.17. The smallest absolute Gasteiger partial charge is 0.339 e. The van der Waals surface area contributed by atoms with Crippen LogP contribution >= 0.6 is 0 Å². The van der Waals surface area contributed by atoms with Gasteiger partial charge in [-0.15, -0.1) is 0 Å². The van der Waals surface area contributed by atoms with Crippen LogP contribution in [-0.4, -0.2) is 37.0 Å². The molecular formula is C12H16O5. The topological polar surface area (TPSA) is 76.0 Å². The summed E-state index contributed by atoms with van der Waals surface area (Å²) in [5, 5.41) is 17.8. The third-order valence-electron chi connectivity index (χ3n) is 2.39. The zero-order valence-electron chi connectivity index (χ0n) is 9.90. The number of ether oxygens (including phenoxy) is 2. The molecule has 0 spiro atoms. The molecule has 0 aliphatic rings. The average molecular weight is 240 g/mol. The van der Waals surface area contributed by atoms with E-state index in [0.29, 0.717) is 18.6 Å².